The maximum absolute atomic E-state index is 13.7. The van der Waals surface area contributed by atoms with Crippen LogP contribution in [0.15, 0.2) is 6.08 Å². The van der Waals surface area contributed by atoms with Gasteiger partial charge in [-0.2, -0.15) is 17.5 Å². The summed E-state index contributed by atoms with van der Waals surface area (Å²) >= 11 is 0.727. The van der Waals surface area contributed by atoms with Crippen molar-refractivity contribution in [3.8, 4) is 5.88 Å². The fourth-order valence-corrected chi connectivity index (χ4v) is 2.82. The minimum atomic E-state index is -4.45. The van der Waals surface area contributed by atoms with E-state index in [4.69, 9.17) is 4.74 Å². The smallest absolute Gasteiger partial charge is 0.460 e. The molecule has 0 radical (unpaired) electrons. The zero-order valence-corrected chi connectivity index (χ0v) is 13.9. The molecule has 24 heavy (non-hydrogen) atoms. The maximum Gasteiger partial charge on any atom is 0.460 e. The second kappa shape index (κ2) is 7.73. The zero-order valence-electron chi connectivity index (χ0n) is 13.1. The first-order valence-electron chi connectivity index (χ1n) is 7.57. The molecule has 0 N–H and O–H groups in total. The highest BCUT2D eigenvalue weighted by Crippen LogP contribution is 2.33. The predicted octanol–water partition coefficient (Wildman–Crippen LogP) is 4.35. The van der Waals surface area contributed by atoms with Crippen LogP contribution < -0.4 is 4.74 Å². The Balaban J connectivity index is 2.04. The Bertz CT molecular complexity index is 573. The van der Waals surface area contributed by atoms with Gasteiger partial charge in [0.05, 0.1) is 11.7 Å². The summed E-state index contributed by atoms with van der Waals surface area (Å²) in [6.07, 6.45) is -1.94. The van der Waals surface area contributed by atoms with Gasteiger partial charge in [0.2, 0.25) is 0 Å². The number of rotatable bonds is 7. The van der Waals surface area contributed by atoms with E-state index in [9.17, 15) is 22.0 Å². The molecular formula is C14H18F5N3OS. The Morgan fingerprint density at radius 2 is 2.00 bits per heavy atom. The number of aromatic nitrogens is 2. The molecule has 0 aliphatic carbocycles. The third-order valence-electron chi connectivity index (χ3n) is 3.59. The third kappa shape index (κ3) is 5.10. The van der Waals surface area contributed by atoms with E-state index in [2.05, 4.69) is 8.75 Å². The van der Waals surface area contributed by atoms with E-state index in [0.29, 0.717) is 23.3 Å². The fourth-order valence-electron chi connectivity index (χ4n) is 2.28. The van der Waals surface area contributed by atoms with Crippen molar-refractivity contribution in [1.82, 2.24) is 13.6 Å². The molecule has 2 rings (SSSR count). The largest absolute Gasteiger partial charge is 0.469 e. The van der Waals surface area contributed by atoms with Gasteiger partial charge >= 0.3 is 6.30 Å². The van der Waals surface area contributed by atoms with Crippen LogP contribution in [0.25, 0.3) is 5.57 Å². The van der Waals surface area contributed by atoms with Gasteiger partial charge in [-0.1, -0.05) is 19.4 Å². The molecule has 2 heterocycles. The van der Waals surface area contributed by atoms with E-state index in [1.807, 2.05) is 0 Å². The number of unbranched alkanes of at least 4 members (excludes halogenated alkanes) is 1. The van der Waals surface area contributed by atoms with Gasteiger partial charge < -0.3 is 4.74 Å². The number of hydrogen-bond acceptors (Lipinski definition) is 5. The molecule has 0 spiro atoms. The zero-order chi connectivity index (χ0) is 17.8. The molecule has 10 heteroatoms. The lowest BCUT2D eigenvalue weighted by molar-refractivity contribution is -0.241. The molecule has 0 unspecified atom stereocenters. The van der Waals surface area contributed by atoms with Gasteiger partial charge in [0, 0.05) is 19.5 Å². The molecule has 1 aromatic rings. The second-order valence-corrected chi connectivity index (χ2v) is 6.10. The van der Waals surface area contributed by atoms with Crippen LogP contribution >= 0.6 is 11.7 Å². The van der Waals surface area contributed by atoms with Crippen molar-refractivity contribution in [3.05, 3.63) is 11.8 Å². The van der Waals surface area contributed by atoms with E-state index in [1.54, 1.807) is 13.0 Å². The Labute approximate surface area is 140 Å². The number of ether oxygens (including phenoxy) is 1. The molecule has 1 aliphatic heterocycles. The van der Waals surface area contributed by atoms with E-state index in [-0.39, 0.29) is 31.0 Å². The molecule has 136 valence electrons. The van der Waals surface area contributed by atoms with Crippen LogP contribution in [-0.4, -0.2) is 45.6 Å². The van der Waals surface area contributed by atoms with Crippen LogP contribution in [0.3, 0.4) is 0 Å². The molecule has 1 aromatic heterocycles. The number of nitrogens with zero attached hydrogens (tertiary/aromatic N) is 3. The van der Waals surface area contributed by atoms with Crippen molar-refractivity contribution in [2.75, 3.05) is 19.7 Å². The first kappa shape index (κ1) is 19.0. The molecule has 0 bridgehead atoms. The van der Waals surface area contributed by atoms with E-state index >= 15 is 0 Å². The SMILES string of the molecule is CCCCC(F)(F)COc1nsnc1C1=CCCN(C(F)(F)F)C1. The van der Waals surface area contributed by atoms with Crippen molar-refractivity contribution in [3.63, 3.8) is 0 Å². The van der Waals surface area contributed by atoms with Gasteiger partial charge in [-0.3, -0.25) is 0 Å². The van der Waals surface area contributed by atoms with Crippen molar-refractivity contribution in [2.45, 2.75) is 44.8 Å². The lowest BCUT2D eigenvalue weighted by atomic mass is 10.1. The average Bonchev–Trinajstić information content (AvgIpc) is 2.99. The monoisotopic (exact) mass is 371 g/mol. The minimum Gasteiger partial charge on any atom is -0.469 e. The highest BCUT2D eigenvalue weighted by molar-refractivity contribution is 6.99. The lowest BCUT2D eigenvalue weighted by Gasteiger charge is -2.28. The summed E-state index contributed by atoms with van der Waals surface area (Å²) in [6.45, 7) is 0.413. The number of halogens is 5. The Kier molecular flexibility index (Phi) is 6.13. The van der Waals surface area contributed by atoms with Gasteiger partial charge in [-0.25, -0.2) is 13.7 Å². The average molecular weight is 371 g/mol. The van der Waals surface area contributed by atoms with Crippen LogP contribution in [0, 0.1) is 0 Å². The van der Waals surface area contributed by atoms with Crippen molar-refractivity contribution >= 4 is 17.3 Å². The Hall–Kier alpha value is -1.29. The van der Waals surface area contributed by atoms with Gasteiger partial charge in [0.25, 0.3) is 11.8 Å². The molecule has 0 atom stereocenters. The Morgan fingerprint density at radius 1 is 1.25 bits per heavy atom. The van der Waals surface area contributed by atoms with Crippen LogP contribution in [-0.2, 0) is 0 Å². The van der Waals surface area contributed by atoms with E-state index in [0.717, 1.165) is 11.7 Å². The van der Waals surface area contributed by atoms with Crippen LogP contribution in [0.1, 0.15) is 38.3 Å². The van der Waals surface area contributed by atoms with Gasteiger partial charge in [0.15, 0.2) is 6.61 Å². The van der Waals surface area contributed by atoms with Crippen molar-refractivity contribution in [2.24, 2.45) is 0 Å². The predicted molar refractivity (Wildman–Crippen MR) is 80.1 cm³/mol. The normalized spacial score (nSPS) is 17.0. The molecule has 0 saturated carbocycles. The number of alkyl halides is 5. The number of hydrogen-bond donors (Lipinski definition) is 0. The van der Waals surface area contributed by atoms with Crippen molar-refractivity contribution < 1.29 is 26.7 Å². The summed E-state index contributed by atoms with van der Waals surface area (Å²) in [5.74, 6) is -3.14. The van der Waals surface area contributed by atoms with Crippen LogP contribution in [0.5, 0.6) is 5.88 Å². The topological polar surface area (TPSA) is 38.3 Å². The summed E-state index contributed by atoms with van der Waals surface area (Å²) in [6, 6.07) is 0. The summed E-state index contributed by atoms with van der Waals surface area (Å²) in [4.78, 5) is 0.349. The quantitative estimate of drug-likeness (QED) is 0.528. The van der Waals surface area contributed by atoms with Crippen LogP contribution in [0.4, 0.5) is 22.0 Å². The minimum absolute atomic E-state index is 0.111. The van der Waals surface area contributed by atoms with E-state index < -0.39 is 25.4 Å². The molecule has 4 nitrogen and oxygen atoms in total. The second-order valence-electron chi connectivity index (χ2n) is 5.57. The van der Waals surface area contributed by atoms with Gasteiger partial charge in [-0.15, -0.1) is 4.37 Å². The maximum atomic E-state index is 13.7. The molecule has 0 amide bonds. The van der Waals surface area contributed by atoms with Gasteiger partial charge in [0.1, 0.15) is 5.69 Å². The summed E-state index contributed by atoms with van der Waals surface area (Å²) in [5, 5.41) is 0. The van der Waals surface area contributed by atoms with E-state index in [1.165, 1.54) is 0 Å². The molecule has 0 saturated heterocycles. The fraction of sp³-hybridized carbons (Fsp3) is 0.714. The molecule has 1 aliphatic rings. The molecule has 0 fully saturated rings. The van der Waals surface area contributed by atoms with Crippen LogP contribution in [0.2, 0.25) is 0 Å². The summed E-state index contributed by atoms with van der Waals surface area (Å²) in [5.41, 5.74) is 0.402. The molecular weight excluding hydrogens is 353 g/mol. The Morgan fingerprint density at radius 3 is 2.67 bits per heavy atom. The highest BCUT2D eigenvalue weighted by atomic mass is 32.1. The summed E-state index contributed by atoms with van der Waals surface area (Å²) < 4.78 is 78.5. The van der Waals surface area contributed by atoms with Gasteiger partial charge in [-0.05, 0) is 18.4 Å². The molecule has 0 aromatic carbocycles. The van der Waals surface area contributed by atoms with Crippen molar-refractivity contribution in [1.29, 1.82) is 0 Å². The standard InChI is InChI=1S/C14H18F5N3OS/c1-2-3-6-13(15,16)9-23-12-11(20-24-21-12)10-5-4-7-22(8-10)14(17,18)19/h5H,2-4,6-9H2,1H3. The third-order valence-corrected chi connectivity index (χ3v) is 4.10. The first-order valence-corrected chi connectivity index (χ1v) is 8.30. The first-order chi connectivity index (χ1) is 11.2. The summed E-state index contributed by atoms with van der Waals surface area (Å²) in [7, 11) is 0. The highest BCUT2D eigenvalue weighted by Gasteiger charge is 2.39. The lowest BCUT2D eigenvalue weighted by Crippen LogP contribution is -2.41.